The molecule has 9 nitrogen and oxygen atoms in total. The molecular weight excluding hydrogens is 354 g/mol. The molecule has 10 heteroatoms. The number of hydrogen-bond acceptors (Lipinski definition) is 8. The minimum absolute atomic E-state index is 0.0821. The van der Waals surface area contributed by atoms with E-state index in [1.54, 1.807) is 20.8 Å². The monoisotopic (exact) mass is 381 g/mol. The van der Waals surface area contributed by atoms with Crippen LogP contribution in [0.3, 0.4) is 0 Å². The van der Waals surface area contributed by atoms with Gasteiger partial charge in [0.2, 0.25) is 0 Å². The second-order valence-corrected chi connectivity index (χ2v) is 9.61. The maximum atomic E-state index is 12.4. The molecule has 1 amide bonds. The van der Waals surface area contributed by atoms with E-state index in [2.05, 4.69) is 0 Å². The molecule has 0 aromatic carbocycles. The van der Waals surface area contributed by atoms with Crippen molar-refractivity contribution in [3.63, 3.8) is 0 Å². The van der Waals surface area contributed by atoms with Gasteiger partial charge in [-0.2, -0.15) is 8.42 Å². The standard InChI is InChI=1S/C15H27NO8S/c1-14(2,3)11-10(9(8-21-11)24-25(7,19)20)12(17)23-16-13(18)22-15(4,5)6/h9-11H,8H2,1-7H3,(H,16,18). The van der Waals surface area contributed by atoms with Crippen molar-refractivity contribution >= 4 is 22.2 Å². The van der Waals surface area contributed by atoms with E-state index < -0.39 is 51.3 Å². The number of amides is 1. The van der Waals surface area contributed by atoms with Crippen LogP contribution in [0.15, 0.2) is 0 Å². The van der Waals surface area contributed by atoms with Crippen molar-refractivity contribution in [1.29, 1.82) is 0 Å². The van der Waals surface area contributed by atoms with Crippen LogP contribution in [0.4, 0.5) is 4.79 Å². The smallest absolute Gasteiger partial charge is 0.441 e. The molecule has 3 atom stereocenters. The SMILES string of the molecule is CC(C)(C)OC(=O)NOC(=O)C1C(OS(C)(=O)=O)COC1C(C)(C)C. The van der Waals surface area contributed by atoms with Gasteiger partial charge in [-0.25, -0.2) is 9.59 Å². The molecule has 1 aliphatic rings. The molecule has 1 heterocycles. The molecule has 3 unspecified atom stereocenters. The van der Waals surface area contributed by atoms with Crippen LogP contribution < -0.4 is 5.48 Å². The van der Waals surface area contributed by atoms with Gasteiger partial charge in [-0.05, 0) is 26.2 Å². The summed E-state index contributed by atoms with van der Waals surface area (Å²) in [5.41, 5.74) is 0.658. The van der Waals surface area contributed by atoms with Crippen LogP contribution in [-0.4, -0.2) is 51.2 Å². The second-order valence-electron chi connectivity index (χ2n) is 8.01. The van der Waals surface area contributed by atoms with Gasteiger partial charge in [0, 0.05) is 0 Å². The average Bonchev–Trinajstić information content (AvgIpc) is 2.75. The molecule has 146 valence electrons. The summed E-state index contributed by atoms with van der Waals surface area (Å²) in [5.74, 6) is -1.89. The molecule has 0 spiro atoms. The number of hydroxylamine groups is 1. The Morgan fingerprint density at radius 2 is 1.68 bits per heavy atom. The van der Waals surface area contributed by atoms with E-state index in [1.165, 1.54) is 0 Å². The van der Waals surface area contributed by atoms with E-state index in [9.17, 15) is 18.0 Å². The Kier molecular flexibility index (Phi) is 6.47. The lowest BCUT2D eigenvalue weighted by atomic mass is 9.80. The molecule has 0 aromatic heterocycles. The number of ether oxygens (including phenoxy) is 2. The van der Waals surface area contributed by atoms with Gasteiger partial charge in [-0.1, -0.05) is 20.8 Å². The molecule has 0 aromatic rings. The topological polar surface area (TPSA) is 117 Å². The lowest BCUT2D eigenvalue weighted by Gasteiger charge is -2.30. The van der Waals surface area contributed by atoms with E-state index >= 15 is 0 Å². The van der Waals surface area contributed by atoms with Crippen LogP contribution in [-0.2, 0) is 33.4 Å². The predicted octanol–water partition coefficient (Wildman–Crippen LogP) is 1.38. The van der Waals surface area contributed by atoms with Crippen LogP contribution in [0, 0.1) is 11.3 Å². The van der Waals surface area contributed by atoms with Crippen LogP contribution in [0.25, 0.3) is 0 Å². The zero-order valence-electron chi connectivity index (χ0n) is 15.6. The molecular formula is C15H27NO8S. The van der Waals surface area contributed by atoms with Crippen molar-refractivity contribution in [3.05, 3.63) is 0 Å². The minimum atomic E-state index is -3.80. The highest BCUT2D eigenvalue weighted by Gasteiger charge is 2.50. The first kappa shape index (κ1) is 21.7. The van der Waals surface area contributed by atoms with Crippen molar-refractivity contribution in [2.75, 3.05) is 12.9 Å². The summed E-state index contributed by atoms with van der Waals surface area (Å²) in [5, 5.41) is 0. The number of carbonyl (C=O) groups excluding carboxylic acids is 2. The Morgan fingerprint density at radius 1 is 1.12 bits per heavy atom. The fourth-order valence-electron chi connectivity index (χ4n) is 2.44. The van der Waals surface area contributed by atoms with Gasteiger partial charge in [0.25, 0.3) is 10.1 Å². The molecule has 0 aliphatic carbocycles. The molecule has 1 saturated heterocycles. The van der Waals surface area contributed by atoms with Gasteiger partial charge in [0.05, 0.1) is 19.0 Å². The first-order valence-corrected chi connectivity index (χ1v) is 9.61. The first-order chi connectivity index (χ1) is 11.1. The highest BCUT2D eigenvalue weighted by molar-refractivity contribution is 7.86. The number of carbonyl (C=O) groups is 2. The summed E-state index contributed by atoms with van der Waals surface area (Å²) in [6, 6.07) is 0. The molecule has 0 bridgehead atoms. The fourth-order valence-corrected chi connectivity index (χ4v) is 3.06. The van der Waals surface area contributed by atoms with E-state index in [-0.39, 0.29) is 6.61 Å². The quantitative estimate of drug-likeness (QED) is 0.575. The Hall–Kier alpha value is -1.39. The molecule has 0 saturated carbocycles. The largest absolute Gasteiger partial charge is 0.442 e. The van der Waals surface area contributed by atoms with Crippen LogP contribution >= 0.6 is 0 Å². The van der Waals surface area contributed by atoms with Crippen molar-refractivity contribution in [2.24, 2.45) is 11.3 Å². The average molecular weight is 381 g/mol. The van der Waals surface area contributed by atoms with Crippen LogP contribution in [0.5, 0.6) is 0 Å². The Bertz CT molecular complexity index is 602. The third-order valence-electron chi connectivity index (χ3n) is 3.22. The summed E-state index contributed by atoms with van der Waals surface area (Å²) in [4.78, 5) is 28.8. The summed E-state index contributed by atoms with van der Waals surface area (Å²) in [6.45, 7) is 10.4. The third-order valence-corrected chi connectivity index (χ3v) is 3.82. The van der Waals surface area contributed by atoms with Gasteiger partial charge in [-0.3, -0.25) is 4.18 Å². The van der Waals surface area contributed by atoms with Gasteiger partial charge < -0.3 is 14.3 Å². The highest BCUT2D eigenvalue weighted by atomic mass is 32.2. The van der Waals surface area contributed by atoms with E-state index in [1.807, 2.05) is 26.3 Å². The summed E-state index contributed by atoms with van der Waals surface area (Å²) >= 11 is 0. The lowest BCUT2D eigenvalue weighted by Crippen LogP contribution is -2.44. The molecule has 25 heavy (non-hydrogen) atoms. The lowest BCUT2D eigenvalue weighted by molar-refractivity contribution is -0.161. The minimum Gasteiger partial charge on any atom is -0.442 e. The summed E-state index contributed by atoms with van der Waals surface area (Å²) in [6.07, 6.45) is -1.73. The fraction of sp³-hybridized carbons (Fsp3) is 0.867. The van der Waals surface area contributed by atoms with Crippen molar-refractivity contribution in [2.45, 2.75) is 59.4 Å². The van der Waals surface area contributed by atoms with E-state index in [4.69, 9.17) is 18.5 Å². The first-order valence-electron chi connectivity index (χ1n) is 7.80. The van der Waals surface area contributed by atoms with Crippen molar-refractivity contribution in [1.82, 2.24) is 5.48 Å². The zero-order valence-corrected chi connectivity index (χ0v) is 16.4. The number of nitrogens with one attached hydrogen (secondary N) is 1. The molecule has 1 N–H and O–H groups in total. The van der Waals surface area contributed by atoms with Gasteiger partial charge in [0.1, 0.15) is 17.6 Å². The summed E-state index contributed by atoms with van der Waals surface area (Å²) in [7, 11) is -3.80. The van der Waals surface area contributed by atoms with E-state index in [0.29, 0.717) is 0 Å². The second kappa shape index (κ2) is 7.46. The molecule has 1 rings (SSSR count). The van der Waals surface area contributed by atoms with Crippen LogP contribution in [0.2, 0.25) is 0 Å². The zero-order chi connectivity index (χ0) is 19.6. The van der Waals surface area contributed by atoms with Gasteiger partial charge in [0.15, 0.2) is 0 Å². The Morgan fingerprint density at radius 3 is 2.12 bits per heavy atom. The maximum Gasteiger partial charge on any atom is 0.441 e. The highest BCUT2D eigenvalue weighted by Crippen LogP contribution is 2.37. The van der Waals surface area contributed by atoms with Crippen LogP contribution in [0.1, 0.15) is 41.5 Å². The Balaban J connectivity index is 2.85. The predicted molar refractivity (Wildman–Crippen MR) is 87.9 cm³/mol. The number of rotatable bonds is 3. The molecule has 1 fully saturated rings. The van der Waals surface area contributed by atoms with Gasteiger partial charge in [-0.15, -0.1) is 5.48 Å². The number of hydrogen-bond donors (Lipinski definition) is 1. The molecule has 0 radical (unpaired) electrons. The normalized spacial score (nSPS) is 24.7. The third kappa shape index (κ3) is 7.17. The van der Waals surface area contributed by atoms with E-state index in [0.717, 1.165) is 6.26 Å². The summed E-state index contributed by atoms with van der Waals surface area (Å²) < 4.78 is 38.3. The maximum absolute atomic E-state index is 12.4. The van der Waals surface area contributed by atoms with Gasteiger partial charge >= 0.3 is 12.1 Å². The van der Waals surface area contributed by atoms with Crippen molar-refractivity contribution in [3.8, 4) is 0 Å². The van der Waals surface area contributed by atoms with Crippen molar-refractivity contribution < 1.29 is 36.5 Å². The molecule has 1 aliphatic heterocycles. The Labute approximate surface area is 148 Å².